The van der Waals surface area contributed by atoms with Gasteiger partial charge in [-0.2, -0.15) is 13.2 Å². The number of carbonyl (C=O) groups is 1. The largest absolute Gasteiger partial charge is 0.389 e. The lowest BCUT2D eigenvalue weighted by Gasteiger charge is -2.09. The Hall–Kier alpha value is -1.71. The van der Waals surface area contributed by atoms with E-state index in [4.69, 9.17) is 16.7 Å². The lowest BCUT2D eigenvalue weighted by atomic mass is 10.2. The minimum absolute atomic E-state index is 0.184. The molecule has 3 nitrogen and oxygen atoms in total. The van der Waals surface area contributed by atoms with Crippen molar-refractivity contribution in [3.05, 3.63) is 28.8 Å². The number of alkyl halides is 3. The molecule has 0 aliphatic carbocycles. The number of hydrogen-bond donors (Lipinski definition) is 2. The Labute approximate surface area is 118 Å². The molecule has 2 N–H and O–H groups in total. The lowest BCUT2D eigenvalue weighted by molar-refractivity contribution is -0.142. The van der Waals surface area contributed by atoms with Crippen LogP contribution in [0.5, 0.6) is 0 Å². The highest BCUT2D eigenvalue weighted by Crippen LogP contribution is 2.25. The van der Waals surface area contributed by atoms with Gasteiger partial charge in [0.1, 0.15) is 6.61 Å². The third-order valence-electron chi connectivity index (χ3n) is 2.19. The zero-order valence-corrected chi connectivity index (χ0v) is 11.0. The lowest BCUT2D eigenvalue weighted by Crippen LogP contribution is -2.16. The Morgan fingerprint density at radius 2 is 2.10 bits per heavy atom. The first-order valence-electron chi connectivity index (χ1n) is 5.57. The number of hydrogen-bond acceptors (Lipinski definition) is 2. The number of anilines is 1. The summed E-state index contributed by atoms with van der Waals surface area (Å²) in [5.74, 6) is 4.23. The molecule has 0 atom stereocenters. The molecule has 7 heteroatoms. The number of halogens is 4. The van der Waals surface area contributed by atoms with E-state index >= 15 is 0 Å². The van der Waals surface area contributed by atoms with Crippen molar-refractivity contribution in [2.75, 3.05) is 11.9 Å². The maximum atomic E-state index is 12.0. The molecule has 0 aromatic heterocycles. The third-order valence-corrected chi connectivity index (χ3v) is 2.52. The van der Waals surface area contributed by atoms with Gasteiger partial charge in [0, 0.05) is 12.0 Å². The van der Waals surface area contributed by atoms with E-state index < -0.39 is 24.9 Å². The molecule has 20 heavy (non-hydrogen) atoms. The van der Waals surface area contributed by atoms with E-state index in [9.17, 15) is 18.0 Å². The van der Waals surface area contributed by atoms with Crippen molar-refractivity contribution in [2.45, 2.75) is 19.0 Å². The zero-order chi connectivity index (χ0) is 15.2. The SMILES string of the molecule is O=C(CCC(F)(F)F)Nc1cc(C#CCO)ccc1Cl. The van der Waals surface area contributed by atoms with Gasteiger partial charge in [0.15, 0.2) is 0 Å². The Morgan fingerprint density at radius 3 is 2.70 bits per heavy atom. The Morgan fingerprint density at radius 1 is 1.40 bits per heavy atom. The van der Waals surface area contributed by atoms with E-state index in [-0.39, 0.29) is 17.3 Å². The van der Waals surface area contributed by atoms with Gasteiger partial charge in [-0.05, 0) is 18.2 Å². The summed E-state index contributed by atoms with van der Waals surface area (Å²) in [6.45, 7) is -0.324. The van der Waals surface area contributed by atoms with Gasteiger partial charge in [-0.15, -0.1) is 0 Å². The van der Waals surface area contributed by atoms with E-state index in [0.717, 1.165) is 0 Å². The number of aliphatic hydroxyl groups is 1. The van der Waals surface area contributed by atoms with Crippen LogP contribution in [0.2, 0.25) is 5.02 Å². The highest BCUT2D eigenvalue weighted by molar-refractivity contribution is 6.33. The number of carbonyl (C=O) groups excluding carboxylic acids is 1. The maximum Gasteiger partial charge on any atom is 0.389 e. The van der Waals surface area contributed by atoms with Crippen LogP contribution in [0.4, 0.5) is 18.9 Å². The average Bonchev–Trinajstić information content (AvgIpc) is 2.36. The smallest absolute Gasteiger partial charge is 0.384 e. The summed E-state index contributed by atoms with van der Waals surface area (Å²) in [7, 11) is 0. The van der Waals surface area contributed by atoms with Gasteiger partial charge in [-0.1, -0.05) is 23.4 Å². The predicted octanol–water partition coefficient (Wildman–Crippen LogP) is 2.96. The van der Waals surface area contributed by atoms with Crippen molar-refractivity contribution in [1.82, 2.24) is 0 Å². The van der Waals surface area contributed by atoms with Crippen LogP contribution in [0.1, 0.15) is 18.4 Å². The Balaban J connectivity index is 2.73. The number of rotatable bonds is 3. The van der Waals surface area contributed by atoms with Crippen LogP contribution in [0.3, 0.4) is 0 Å². The van der Waals surface area contributed by atoms with Crippen LogP contribution in [-0.2, 0) is 4.79 Å². The molecule has 0 radical (unpaired) electrons. The molecule has 0 spiro atoms. The molecule has 0 aliphatic rings. The fraction of sp³-hybridized carbons (Fsp3) is 0.308. The van der Waals surface area contributed by atoms with Gasteiger partial charge in [0.25, 0.3) is 0 Å². The summed E-state index contributed by atoms with van der Waals surface area (Å²) in [5, 5.41) is 11.1. The van der Waals surface area contributed by atoms with Crippen molar-refractivity contribution in [3.8, 4) is 11.8 Å². The molecule has 0 aliphatic heterocycles. The zero-order valence-electron chi connectivity index (χ0n) is 10.2. The summed E-state index contributed by atoms with van der Waals surface area (Å²) in [5.41, 5.74) is 0.665. The molecule has 0 bridgehead atoms. The fourth-order valence-electron chi connectivity index (χ4n) is 1.31. The minimum atomic E-state index is -4.38. The second-order valence-electron chi connectivity index (χ2n) is 3.82. The molecular formula is C13H11ClF3NO2. The Bertz CT molecular complexity index is 547. The van der Waals surface area contributed by atoms with E-state index in [1.54, 1.807) is 6.07 Å². The summed E-state index contributed by atoms with van der Waals surface area (Å²) in [4.78, 5) is 11.4. The van der Waals surface area contributed by atoms with Crippen LogP contribution in [-0.4, -0.2) is 23.8 Å². The van der Waals surface area contributed by atoms with E-state index in [1.807, 2.05) is 0 Å². The second-order valence-corrected chi connectivity index (χ2v) is 4.23. The number of amides is 1. The van der Waals surface area contributed by atoms with Crippen LogP contribution in [0.15, 0.2) is 18.2 Å². The molecule has 1 aromatic rings. The van der Waals surface area contributed by atoms with Crippen molar-refractivity contribution < 1.29 is 23.1 Å². The van der Waals surface area contributed by atoms with Crippen LogP contribution in [0.25, 0.3) is 0 Å². The molecule has 0 unspecified atom stereocenters. The van der Waals surface area contributed by atoms with Crippen molar-refractivity contribution in [1.29, 1.82) is 0 Å². The first kappa shape index (κ1) is 16.3. The highest BCUT2D eigenvalue weighted by Gasteiger charge is 2.27. The quantitative estimate of drug-likeness (QED) is 0.844. The standard InChI is InChI=1S/C13H11ClF3NO2/c14-10-4-3-9(2-1-7-19)8-11(10)18-12(20)5-6-13(15,16)17/h3-4,8,19H,5-7H2,(H,18,20). The molecular weight excluding hydrogens is 295 g/mol. The average molecular weight is 306 g/mol. The number of aliphatic hydroxyl groups excluding tert-OH is 1. The fourth-order valence-corrected chi connectivity index (χ4v) is 1.47. The molecule has 1 aromatic carbocycles. The van der Waals surface area contributed by atoms with Gasteiger partial charge in [-0.3, -0.25) is 4.79 Å². The van der Waals surface area contributed by atoms with E-state index in [1.165, 1.54) is 12.1 Å². The molecule has 1 rings (SSSR count). The summed E-state index contributed by atoms with van der Waals surface area (Å²) in [6, 6.07) is 4.45. The third kappa shape index (κ3) is 5.95. The summed E-state index contributed by atoms with van der Waals surface area (Å²) in [6.07, 6.45) is -6.25. The molecule has 1 amide bonds. The topological polar surface area (TPSA) is 49.3 Å². The van der Waals surface area contributed by atoms with E-state index in [0.29, 0.717) is 5.56 Å². The Kier molecular flexibility index (Phi) is 5.86. The maximum absolute atomic E-state index is 12.0. The van der Waals surface area contributed by atoms with Crippen molar-refractivity contribution in [3.63, 3.8) is 0 Å². The molecule has 0 saturated heterocycles. The number of nitrogens with one attached hydrogen (secondary N) is 1. The van der Waals surface area contributed by atoms with Gasteiger partial charge in [-0.25, -0.2) is 0 Å². The molecule has 0 fully saturated rings. The summed E-state index contributed by atoms with van der Waals surface area (Å²) >= 11 is 5.83. The van der Waals surface area contributed by atoms with Gasteiger partial charge >= 0.3 is 6.18 Å². The predicted molar refractivity (Wildman–Crippen MR) is 69.3 cm³/mol. The normalized spacial score (nSPS) is 10.7. The van der Waals surface area contributed by atoms with E-state index in [2.05, 4.69) is 17.2 Å². The van der Waals surface area contributed by atoms with Crippen LogP contribution < -0.4 is 5.32 Å². The minimum Gasteiger partial charge on any atom is -0.384 e. The van der Waals surface area contributed by atoms with Crippen molar-refractivity contribution in [2.24, 2.45) is 0 Å². The molecule has 0 saturated carbocycles. The van der Waals surface area contributed by atoms with Gasteiger partial charge in [0.2, 0.25) is 5.91 Å². The van der Waals surface area contributed by atoms with Gasteiger partial charge < -0.3 is 10.4 Å². The van der Waals surface area contributed by atoms with Crippen molar-refractivity contribution >= 4 is 23.2 Å². The van der Waals surface area contributed by atoms with Gasteiger partial charge in [0.05, 0.1) is 17.1 Å². The highest BCUT2D eigenvalue weighted by atomic mass is 35.5. The van der Waals surface area contributed by atoms with Crippen LogP contribution >= 0.6 is 11.6 Å². The summed E-state index contributed by atoms with van der Waals surface area (Å²) < 4.78 is 36.0. The monoisotopic (exact) mass is 305 g/mol. The van der Waals surface area contributed by atoms with Crippen LogP contribution in [0, 0.1) is 11.8 Å². The first-order chi connectivity index (χ1) is 9.31. The first-order valence-corrected chi connectivity index (χ1v) is 5.95. The number of benzene rings is 1. The second kappa shape index (κ2) is 7.17. The molecule has 108 valence electrons. The molecule has 0 heterocycles.